The number of ether oxygens (including phenoxy) is 3. The number of benzene rings is 2. The second kappa shape index (κ2) is 16.4. The molecule has 0 aromatic heterocycles. The molecule has 2 aromatic carbocycles. The van der Waals surface area contributed by atoms with E-state index in [2.05, 4.69) is 47.4 Å². The van der Waals surface area contributed by atoms with Crippen molar-refractivity contribution in [3.63, 3.8) is 0 Å². The van der Waals surface area contributed by atoms with Gasteiger partial charge in [-0.1, -0.05) is 73.2 Å². The molecule has 7 nitrogen and oxygen atoms in total. The third kappa shape index (κ3) is 9.10. The number of ketones is 1. The van der Waals surface area contributed by atoms with E-state index in [1.54, 1.807) is 6.92 Å². The third-order valence-electron chi connectivity index (χ3n) is 8.20. The quantitative estimate of drug-likeness (QED) is 0.193. The molecule has 1 aliphatic heterocycles. The lowest BCUT2D eigenvalue weighted by atomic mass is 9.92. The van der Waals surface area contributed by atoms with Gasteiger partial charge in [0.05, 0.1) is 25.4 Å². The van der Waals surface area contributed by atoms with Gasteiger partial charge in [-0.15, -0.1) is 0 Å². The van der Waals surface area contributed by atoms with Gasteiger partial charge in [0.1, 0.15) is 0 Å². The Morgan fingerprint density at radius 3 is 2.36 bits per heavy atom. The average Bonchev–Trinajstić information content (AvgIpc) is 3.33. The Kier molecular flexibility index (Phi) is 12.3. The van der Waals surface area contributed by atoms with Crippen molar-refractivity contribution in [3.05, 3.63) is 72.3 Å². The van der Waals surface area contributed by atoms with Gasteiger partial charge in [0.2, 0.25) is 0 Å². The van der Waals surface area contributed by atoms with Crippen LogP contribution in [0.4, 0.5) is 0 Å². The van der Waals surface area contributed by atoms with Gasteiger partial charge in [0, 0.05) is 18.8 Å². The maximum Gasteiger partial charge on any atom is 0.347 e. The zero-order chi connectivity index (χ0) is 29.7. The molecule has 1 heterocycles. The number of hydrogen-bond acceptors (Lipinski definition) is 7. The second-order valence-electron chi connectivity index (χ2n) is 11.3. The van der Waals surface area contributed by atoms with E-state index in [4.69, 9.17) is 14.2 Å². The lowest BCUT2D eigenvalue weighted by Gasteiger charge is -2.35. The number of Topliss-reactive ketones (excluding diaryl/α,β-unsaturated/α-hetero) is 1. The maximum atomic E-state index is 13.3. The molecule has 4 rings (SSSR count). The number of esters is 2. The van der Waals surface area contributed by atoms with E-state index < -0.39 is 18.0 Å². The Labute approximate surface area is 250 Å². The summed E-state index contributed by atoms with van der Waals surface area (Å²) in [6.45, 7) is 5.92. The van der Waals surface area contributed by atoms with E-state index in [0.717, 1.165) is 44.3 Å². The van der Waals surface area contributed by atoms with Gasteiger partial charge in [0.15, 0.2) is 11.9 Å². The van der Waals surface area contributed by atoms with Crippen molar-refractivity contribution in [3.8, 4) is 11.1 Å². The molecule has 0 bridgehead atoms. The van der Waals surface area contributed by atoms with Gasteiger partial charge < -0.3 is 14.2 Å². The molecule has 1 unspecified atom stereocenters. The number of nitrogens with zero attached hydrogens (tertiary/aromatic N) is 1. The van der Waals surface area contributed by atoms with Crippen molar-refractivity contribution in [1.82, 2.24) is 4.90 Å². The van der Waals surface area contributed by atoms with E-state index >= 15 is 0 Å². The van der Waals surface area contributed by atoms with Crippen LogP contribution < -0.4 is 0 Å². The summed E-state index contributed by atoms with van der Waals surface area (Å²) < 4.78 is 16.5. The highest BCUT2D eigenvalue weighted by molar-refractivity contribution is 5.87. The molecule has 1 aliphatic carbocycles. The molecule has 4 atom stereocenters. The van der Waals surface area contributed by atoms with Gasteiger partial charge in [0.25, 0.3) is 0 Å². The van der Waals surface area contributed by atoms with Gasteiger partial charge in [-0.05, 0) is 75.7 Å². The Balaban J connectivity index is 1.30. The standard InChI is InChI=1S/C35H45NO6/c1-3-40-35(39)26(2)42-33(38)17-11-5-4-10-16-30-32(24-31(37)34(30)36-22-12-7-13-23-36)41-25-27-18-20-29(21-19-27)28-14-8-6-9-15-28/h4-6,8-9,14-15,18-21,26,30,32,34H,3,7,10-13,16-17,22-25H2,1-2H3/b5-4-/t26-,30?,32-,34+/m0/s1. The zero-order valence-corrected chi connectivity index (χ0v) is 25.0. The summed E-state index contributed by atoms with van der Waals surface area (Å²) in [6.07, 6.45) is 9.42. The van der Waals surface area contributed by atoms with E-state index in [0.29, 0.717) is 25.2 Å². The molecular formula is C35H45NO6. The van der Waals surface area contributed by atoms with Crippen LogP contribution in [-0.4, -0.2) is 60.6 Å². The van der Waals surface area contributed by atoms with Gasteiger partial charge >= 0.3 is 11.9 Å². The number of likely N-dealkylation sites (tertiary alicyclic amines) is 1. The van der Waals surface area contributed by atoms with Crippen molar-refractivity contribution in [2.45, 2.75) is 90.1 Å². The number of carbonyl (C=O) groups excluding carboxylic acids is 3. The second-order valence-corrected chi connectivity index (χ2v) is 11.3. The van der Waals surface area contributed by atoms with Crippen LogP contribution in [0, 0.1) is 5.92 Å². The predicted octanol–water partition coefficient (Wildman–Crippen LogP) is 6.29. The van der Waals surface area contributed by atoms with Crippen LogP contribution in [0.15, 0.2) is 66.7 Å². The summed E-state index contributed by atoms with van der Waals surface area (Å²) >= 11 is 0. The van der Waals surface area contributed by atoms with Crippen LogP contribution in [0.2, 0.25) is 0 Å². The molecule has 0 N–H and O–H groups in total. The van der Waals surface area contributed by atoms with Crippen LogP contribution in [0.5, 0.6) is 0 Å². The molecule has 7 heteroatoms. The first-order valence-corrected chi connectivity index (χ1v) is 15.5. The van der Waals surface area contributed by atoms with E-state index in [1.165, 1.54) is 24.5 Å². The summed E-state index contributed by atoms with van der Waals surface area (Å²) in [5.41, 5.74) is 3.46. The van der Waals surface area contributed by atoms with Crippen LogP contribution in [0.1, 0.15) is 70.8 Å². The first-order valence-electron chi connectivity index (χ1n) is 15.5. The molecule has 0 radical (unpaired) electrons. The first-order chi connectivity index (χ1) is 20.5. The Morgan fingerprint density at radius 1 is 0.952 bits per heavy atom. The molecule has 1 saturated heterocycles. The minimum Gasteiger partial charge on any atom is -0.463 e. The maximum absolute atomic E-state index is 13.3. The van der Waals surface area contributed by atoms with Crippen molar-refractivity contribution >= 4 is 17.7 Å². The predicted molar refractivity (Wildman–Crippen MR) is 163 cm³/mol. The number of piperidine rings is 1. The molecule has 2 fully saturated rings. The van der Waals surface area contributed by atoms with Crippen LogP contribution in [0.3, 0.4) is 0 Å². The molecular weight excluding hydrogens is 530 g/mol. The summed E-state index contributed by atoms with van der Waals surface area (Å²) in [7, 11) is 0. The molecule has 0 spiro atoms. The third-order valence-corrected chi connectivity index (χ3v) is 8.20. The molecule has 1 saturated carbocycles. The van der Waals surface area contributed by atoms with E-state index in [1.807, 2.05) is 24.3 Å². The van der Waals surface area contributed by atoms with Gasteiger partial charge in [-0.3, -0.25) is 14.5 Å². The van der Waals surface area contributed by atoms with Crippen LogP contribution in [-0.2, 0) is 35.2 Å². The van der Waals surface area contributed by atoms with Crippen molar-refractivity contribution < 1.29 is 28.6 Å². The van der Waals surface area contributed by atoms with Gasteiger partial charge in [-0.2, -0.15) is 0 Å². The van der Waals surface area contributed by atoms with Crippen molar-refractivity contribution in [2.24, 2.45) is 5.92 Å². The first kappa shape index (κ1) is 31.6. The molecule has 2 aromatic rings. The minimum absolute atomic E-state index is 0.0801. The number of carbonyl (C=O) groups is 3. The number of rotatable bonds is 14. The minimum atomic E-state index is -0.896. The van der Waals surface area contributed by atoms with Crippen LogP contribution >= 0.6 is 0 Å². The lowest BCUT2D eigenvalue weighted by molar-refractivity contribution is -0.166. The normalized spacial score (nSPS) is 21.9. The Morgan fingerprint density at radius 2 is 1.64 bits per heavy atom. The Hall–Kier alpha value is -3.29. The van der Waals surface area contributed by atoms with Gasteiger partial charge in [-0.25, -0.2) is 4.79 Å². The lowest BCUT2D eigenvalue weighted by Crippen LogP contribution is -2.46. The highest BCUT2D eigenvalue weighted by atomic mass is 16.6. The molecule has 0 amide bonds. The van der Waals surface area contributed by atoms with Crippen LogP contribution in [0.25, 0.3) is 11.1 Å². The molecule has 2 aliphatic rings. The summed E-state index contributed by atoms with van der Waals surface area (Å²) in [5, 5.41) is 0. The molecule has 42 heavy (non-hydrogen) atoms. The fourth-order valence-corrected chi connectivity index (χ4v) is 6.03. The smallest absolute Gasteiger partial charge is 0.347 e. The SMILES string of the molecule is CCOC(=O)[C@H](C)OC(=O)CC/C=C\CCC1[C@@H](OCc2ccc(-c3ccccc3)cc2)CC(=O)[C@@H]1N1CCCCC1. The topological polar surface area (TPSA) is 82.1 Å². The van der Waals surface area contributed by atoms with E-state index in [-0.39, 0.29) is 31.1 Å². The fraction of sp³-hybridized carbons (Fsp3) is 0.514. The monoisotopic (exact) mass is 575 g/mol. The summed E-state index contributed by atoms with van der Waals surface area (Å²) in [5.74, 6) is -0.512. The van der Waals surface area contributed by atoms with Crippen molar-refractivity contribution in [2.75, 3.05) is 19.7 Å². The fourth-order valence-electron chi connectivity index (χ4n) is 6.03. The van der Waals surface area contributed by atoms with E-state index in [9.17, 15) is 14.4 Å². The number of hydrogen-bond donors (Lipinski definition) is 0. The summed E-state index contributed by atoms with van der Waals surface area (Å²) in [6, 6.07) is 18.7. The molecule has 226 valence electrons. The highest BCUT2D eigenvalue weighted by Gasteiger charge is 2.45. The largest absolute Gasteiger partial charge is 0.463 e. The van der Waals surface area contributed by atoms with Crippen molar-refractivity contribution in [1.29, 1.82) is 0 Å². The zero-order valence-electron chi connectivity index (χ0n) is 25.0. The number of allylic oxidation sites excluding steroid dienone is 2. The highest BCUT2D eigenvalue weighted by Crippen LogP contribution is 2.35. The Bertz CT molecular complexity index is 1170. The average molecular weight is 576 g/mol. The summed E-state index contributed by atoms with van der Waals surface area (Å²) in [4.78, 5) is 39.4.